The van der Waals surface area contributed by atoms with Crippen molar-refractivity contribution in [3.05, 3.63) is 54.1 Å². The molecule has 0 radical (unpaired) electrons. The molecule has 21 heavy (non-hydrogen) atoms. The molecular weight excluding hydrogens is 266 g/mol. The second kappa shape index (κ2) is 6.54. The van der Waals surface area contributed by atoms with Gasteiger partial charge in [-0.25, -0.2) is 4.98 Å². The fraction of sp³-hybridized carbons (Fsp3) is 0.375. The minimum absolute atomic E-state index is 0.165. The summed E-state index contributed by atoms with van der Waals surface area (Å²) in [5.74, 6) is 0.527. The van der Waals surface area contributed by atoms with E-state index in [1.165, 1.54) is 0 Å². The van der Waals surface area contributed by atoms with Crippen LogP contribution in [0.15, 0.2) is 42.7 Å². The van der Waals surface area contributed by atoms with Crippen LogP contribution in [-0.2, 0) is 11.8 Å². The van der Waals surface area contributed by atoms with Crippen molar-refractivity contribution in [1.29, 1.82) is 0 Å². The molecule has 0 spiro atoms. The lowest BCUT2D eigenvalue weighted by molar-refractivity contribution is -0.130. The van der Waals surface area contributed by atoms with Crippen molar-refractivity contribution in [1.82, 2.24) is 14.9 Å². The van der Waals surface area contributed by atoms with Crippen molar-refractivity contribution in [2.24, 2.45) is 13.0 Å². The molecule has 1 unspecified atom stereocenters. The Kier molecular flexibility index (Phi) is 4.75. The van der Waals surface area contributed by atoms with E-state index >= 15 is 0 Å². The Hall–Kier alpha value is -2.14. The fourth-order valence-electron chi connectivity index (χ4n) is 2.23. The summed E-state index contributed by atoms with van der Waals surface area (Å²) < 4.78 is 1.87. The lowest BCUT2D eigenvalue weighted by atomic mass is 10.0. The van der Waals surface area contributed by atoms with Crippen LogP contribution in [0.3, 0.4) is 0 Å². The van der Waals surface area contributed by atoms with Crippen LogP contribution in [0.25, 0.3) is 0 Å². The van der Waals surface area contributed by atoms with Crippen molar-refractivity contribution >= 4 is 5.91 Å². The van der Waals surface area contributed by atoms with Gasteiger partial charge < -0.3 is 15.0 Å². The van der Waals surface area contributed by atoms with Gasteiger partial charge in [0.05, 0.1) is 6.04 Å². The maximum atomic E-state index is 12.3. The third-order valence-corrected chi connectivity index (χ3v) is 3.46. The molecule has 2 atom stereocenters. The predicted octanol–water partition coefficient (Wildman–Crippen LogP) is 1.97. The molecule has 0 saturated heterocycles. The Bertz CT molecular complexity index is 593. The number of aromatic nitrogens is 2. The summed E-state index contributed by atoms with van der Waals surface area (Å²) in [7, 11) is 1.89. The van der Waals surface area contributed by atoms with Crippen LogP contribution in [0.4, 0.5) is 0 Å². The first-order chi connectivity index (χ1) is 10.0. The van der Waals surface area contributed by atoms with Crippen molar-refractivity contribution in [2.45, 2.75) is 26.0 Å². The zero-order chi connectivity index (χ0) is 15.4. The van der Waals surface area contributed by atoms with Crippen LogP contribution >= 0.6 is 0 Å². The topological polar surface area (TPSA) is 67.2 Å². The highest BCUT2D eigenvalue weighted by Crippen LogP contribution is 2.21. The summed E-state index contributed by atoms with van der Waals surface area (Å²) in [6.07, 6.45) is 2.36. The minimum atomic E-state index is -1.17. The van der Waals surface area contributed by atoms with E-state index in [2.05, 4.69) is 10.3 Å². The second-order valence-corrected chi connectivity index (χ2v) is 5.44. The van der Waals surface area contributed by atoms with E-state index in [1.54, 1.807) is 30.5 Å². The summed E-state index contributed by atoms with van der Waals surface area (Å²) in [6.45, 7) is 4.02. The number of rotatable bonds is 5. The number of carbonyl (C=O) groups excluding carboxylic acids is 1. The van der Waals surface area contributed by atoms with E-state index in [9.17, 15) is 9.90 Å². The maximum absolute atomic E-state index is 12.3. The number of benzene rings is 1. The molecule has 1 aromatic heterocycles. The molecule has 2 aromatic rings. The largest absolute Gasteiger partial charge is 0.378 e. The third-order valence-electron chi connectivity index (χ3n) is 3.46. The van der Waals surface area contributed by atoms with Crippen LogP contribution in [0.1, 0.15) is 37.4 Å². The smallest absolute Gasteiger partial charge is 0.254 e. The Morgan fingerprint density at radius 2 is 1.95 bits per heavy atom. The number of nitrogens with one attached hydrogen (secondary N) is 1. The lowest BCUT2D eigenvalue weighted by Crippen LogP contribution is -2.36. The zero-order valence-corrected chi connectivity index (χ0v) is 12.5. The van der Waals surface area contributed by atoms with E-state index in [4.69, 9.17) is 0 Å². The van der Waals surface area contributed by atoms with Gasteiger partial charge in [0.1, 0.15) is 5.82 Å². The molecule has 2 N–H and O–H groups in total. The average molecular weight is 287 g/mol. The quantitative estimate of drug-likeness (QED) is 0.883. The van der Waals surface area contributed by atoms with Crippen LogP contribution < -0.4 is 5.32 Å². The number of carbonyl (C=O) groups is 1. The van der Waals surface area contributed by atoms with Crippen molar-refractivity contribution in [3.63, 3.8) is 0 Å². The zero-order valence-electron chi connectivity index (χ0n) is 12.5. The summed E-state index contributed by atoms with van der Waals surface area (Å²) in [4.78, 5) is 16.6. The van der Waals surface area contributed by atoms with Crippen molar-refractivity contribution < 1.29 is 9.90 Å². The number of aryl methyl sites for hydroxylation is 1. The van der Waals surface area contributed by atoms with Gasteiger partial charge in [0, 0.05) is 19.4 Å². The van der Waals surface area contributed by atoms with E-state index < -0.39 is 12.0 Å². The molecule has 0 aliphatic rings. The number of aliphatic hydroxyl groups excluding tert-OH is 1. The van der Waals surface area contributed by atoms with E-state index in [-0.39, 0.29) is 12.0 Å². The molecule has 5 nitrogen and oxygen atoms in total. The molecule has 0 bridgehead atoms. The molecule has 0 fully saturated rings. The first kappa shape index (κ1) is 15.3. The number of imidazole rings is 1. The highest BCUT2D eigenvalue weighted by molar-refractivity contribution is 5.82. The van der Waals surface area contributed by atoms with Gasteiger partial charge in [-0.2, -0.15) is 0 Å². The molecule has 1 amide bonds. The van der Waals surface area contributed by atoms with Gasteiger partial charge in [-0.3, -0.25) is 4.79 Å². The van der Waals surface area contributed by atoms with Gasteiger partial charge in [0.25, 0.3) is 5.91 Å². The molecule has 0 aliphatic heterocycles. The van der Waals surface area contributed by atoms with E-state index in [0.29, 0.717) is 5.56 Å². The molecule has 0 aliphatic carbocycles. The molecule has 112 valence electrons. The normalized spacial score (nSPS) is 14.0. The monoisotopic (exact) mass is 287 g/mol. The molecular formula is C16H21N3O2. The average Bonchev–Trinajstić information content (AvgIpc) is 2.90. The summed E-state index contributed by atoms with van der Waals surface area (Å²) >= 11 is 0. The minimum Gasteiger partial charge on any atom is -0.378 e. The summed E-state index contributed by atoms with van der Waals surface area (Å²) in [5, 5.41) is 13.0. The van der Waals surface area contributed by atoms with Crippen LogP contribution in [-0.4, -0.2) is 20.6 Å². The van der Waals surface area contributed by atoms with Gasteiger partial charge in [-0.05, 0) is 11.5 Å². The van der Waals surface area contributed by atoms with Gasteiger partial charge in [0.15, 0.2) is 6.10 Å². The highest BCUT2D eigenvalue weighted by atomic mass is 16.3. The van der Waals surface area contributed by atoms with Gasteiger partial charge in [-0.15, -0.1) is 0 Å². The standard InChI is InChI=1S/C16H21N3O2/c1-11(2)13(15-17-9-10-19(15)3)18-16(21)14(20)12-7-5-4-6-8-12/h4-11,13-14,20H,1-3H3,(H,18,21)/t13?,14-/m0/s1. The molecule has 1 heterocycles. The molecule has 0 saturated carbocycles. The fourth-order valence-corrected chi connectivity index (χ4v) is 2.23. The van der Waals surface area contributed by atoms with E-state index in [0.717, 1.165) is 5.82 Å². The lowest BCUT2D eigenvalue weighted by Gasteiger charge is -2.23. The predicted molar refractivity (Wildman–Crippen MR) is 80.3 cm³/mol. The first-order valence-electron chi connectivity index (χ1n) is 7.01. The van der Waals surface area contributed by atoms with Crippen LogP contribution in [0, 0.1) is 5.92 Å². The number of aliphatic hydroxyl groups is 1. The number of nitrogens with zero attached hydrogens (tertiary/aromatic N) is 2. The third kappa shape index (κ3) is 3.49. The Morgan fingerprint density at radius 3 is 2.48 bits per heavy atom. The van der Waals surface area contributed by atoms with E-state index in [1.807, 2.05) is 37.7 Å². The molecule has 5 heteroatoms. The SMILES string of the molecule is CC(C)C(NC(=O)[C@@H](O)c1ccccc1)c1nccn1C. The number of hydrogen-bond donors (Lipinski definition) is 2. The second-order valence-electron chi connectivity index (χ2n) is 5.44. The van der Waals surface area contributed by atoms with Crippen LogP contribution in [0.2, 0.25) is 0 Å². The maximum Gasteiger partial charge on any atom is 0.254 e. The summed E-state index contributed by atoms with van der Waals surface area (Å²) in [6, 6.07) is 8.66. The first-order valence-corrected chi connectivity index (χ1v) is 7.01. The molecule has 1 aromatic carbocycles. The summed E-state index contributed by atoms with van der Waals surface area (Å²) in [5.41, 5.74) is 0.581. The molecule has 2 rings (SSSR count). The van der Waals surface area contributed by atoms with Gasteiger partial charge in [-0.1, -0.05) is 44.2 Å². The number of amides is 1. The Labute approximate surface area is 124 Å². The van der Waals surface area contributed by atoms with Crippen molar-refractivity contribution in [2.75, 3.05) is 0 Å². The van der Waals surface area contributed by atoms with Gasteiger partial charge >= 0.3 is 0 Å². The number of hydrogen-bond acceptors (Lipinski definition) is 3. The highest BCUT2D eigenvalue weighted by Gasteiger charge is 2.25. The van der Waals surface area contributed by atoms with Gasteiger partial charge in [0.2, 0.25) is 0 Å². The van der Waals surface area contributed by atoms with Crippen LogP contribution in [0.5, 0.6) is 0 Å². The van der Waals surface area contributed by atoms with Crippen molar-refractivity contribution in [3.8, 4) is 0 Å². The Morgan fingerprint density at radius 1 is 1.29 bits per heavy atom. The Balaban J connectivity index is 2.14.